The number of rotatable bonds is 5. The molecule has 5 heteroatoms. The molecule has 0 unspecified atom stereocenters. The van der Waals surface area contributed by atoms with Gasteiger partial charge in [0.2, 0.25) is 5.91 Å². The zero-order chi connectivity index (χ0) is 17.1. The minimum Gasteiger partial charge on any atom is -0.342 e. The lowest BCUT2D eigenvalue weighted by Crippen LogP contribution is -2.29. The first-order valence-corrected chi connectivity index (χ1v) is 9.24. The first-order valence-electron chi connectivity index (χ1n) is 9.24. The predicted molar refractivity (Wildman–Crippen MR) is 97.9 cm³/mol. The molecule has 0 radical (unpaired) electrons. The smallest absolute Gasteiger partial charge is 0.226 e. The summed E-state index contributed by atoms with van der Waals surface area (Å²) in [6, 6.07) is 9.96. The number of nitrogens with one attached hydrogen (secondary N) is 1. The van der Waals surface area contributed by atoms with Crippen LogP contribution in [-0.4, -0.2) is 33.9 Å². The fourth-order valence-corrected chi connectivity index (χ4v) is 3.41. The normalized spacial score (nSPS) is 17.4. The Labute approximate surface area is 148 Å². The predicted octanol–water partition coefficient (Wildman–Crippen LogP) is 3.65. The molecule has 0 atom stereocenters. The zero-order valence-electron chi connectivity index (χ0n) is 14.4. The molecular weight excluding hydrogens is 312 g/mol. The third kappa shape index (κ3) is 3.81. The fraction of sp³-hybridized carbons (Fsp3) is 0.450. The van der Waals surface area contributed by atoms with Crippen molar-refractivity contribution < 1.29 is 4.79 Å². The molecule has 1 aromatic heterocycles. The molecule has 0 bridgehead atoms. The van der Waals surface area contributed by atoms with Gasteiger partial charge in [-0.3, -0.25) is 4.79 Å². The Morgan fingerprint density at radius 3 is 2.52 bits per heavy atom. The Bertz CT molecular complexity index is 734. The molecule has 1 saturated carbocycles. The van der Waals surface area contributed by atoms with Crippen molar-refractivity contribution in [2.45, 2.75) is 44.4 Å². The van der Waals surface area contributed by atoms with Crippen LogP contribution in [0.4, 0.5) is 11.5 Å². The lowest BCUT2D eigenvalue weighted by atomic mass is 9.85. The van der Waals surface area contributed by atoms with Crippen LogP contribution in [0, 0.1) is 0 Å². The van der Waals surface area contributed by atoms with Crippen molar-refractivity contribution in [1.29, 1.82) is 0 Å². The van der Waals surface area contributed by atoms with Crippen LogP contribution < -0.4 is 5.32 Å². The number of hydrogen-bond donors (Lipinski definition) is 1. The van der Waals surface area contributed by atoms with E-state index in [1.54, 1.807) is 0 Å². The van der Waals surface area contributed by atoms with Crippen LogP contribution in [0.3, 0.4) is 0 Å². The minimum absolute atomic E-state index is 0.235. The topological polar surface area (TPSA) is 58.1 Å². The number of amides is 1. The van der Waals surface area contributed by atoms with E-state index < -0.39 is 0 Å². The second kappa shape index (κ2) is 7.21. The highest BCUT2D eigenvalue weighted by Crippen LogP contribution is 2.34. The highest BCUT2D eigenvalue weighted by Gasteiger charge is 2.22. The van der Waals surface area contributed by atoms with E-state index in [-0.39, 0.29) is 5.91 Å². The monoisotopic (exact) mass is 336 g/mol. The van der Waals surface area contributed by atoms with Crippen molar-refractivity contribution in [2.24, 2.45) is 0 Å². The van der Waals surface area contributed by atoms with Crippen molar-refractivity contribution in [3.8, 4) is 0 Å². The van der Waals surface area contributed by atoms with E-state index in [1.165, 1.54) is 19.3 Å². The number of likely N-dealkylation sites (tertiary alicyclic amines) is 1. The van der Waals surface area contributed by atoms with E-state index in [9.17, 15) is 4.79 Å². The number of benzene rings is 1. The zero-order valence-corrected chi connectivity index (χ0v) is 14.4. The highest BCUT2D eigenvalue weighted by molar-refractivity contribution is 5.79. The van der Waals surface area contributed by atoms with Crippen molar-refractivity contribution >= 4 is 17.4 Å². The van der Waals surface area contributed by atoms with Crippen LogP contribution in [0.25, 0.3) is 0 Å². The molecule has 1 aliphatic heterocycles. The molecule has 1 saturated heterocycles. The number of aromatic nitrogens is 2. The van der Waals surface area contributed by atoms with Gasteiger partial charge < -0.3 is 10.2 Å². The van der Waals surface area contributed by atoms with Crippen molar-refractivity contribution in [1.82, 2.24) is 14.9 Å². The maximum atomic E-state index is 12.2. The Hall–Kier alpha value is -2.43. The number of anilines is 2. The largest absolute Gasteiger partial charge is 0.342 e. The lowest BCUT2D eigenvalue weighted by Gasteiger charge is -2.23. The number of carbonyl (C=O) groups excluding carboxylic acids is 1. The fourth-order valence-electron chi connectivity index (χ4n) is 3.41. The van der Waals surface area contributed by atoms with Gasteiger partial charge in [-0.2, -0.15) is 0 Å². The van der Waals surface area contributed by atoms with Gasteiger partial charge in [0, 0.05) is 30.9 Å². The van der Waals surface area contributed by atoms with E-state index in [4.69, 9.17) is 0 Å². The molecule has 0 spiro atoms. The summed E-state index contributed by atoms with van der Waals surface area (Å²) in [6.45, 7) is 1.82. The first-order chi connectivity index (χ1) is 12.3. The van der Waals surface area contributed by atoms with Gasteiger partial charge in [-0.1, -0.05) is 18.6 Å². The maximum Gasteiger partial charge on any atom is 0.226 e. The molecule has 2 fully saturated rings. The van der Waals surface area contributed by atoms with Gasteiger partial charge in [0.25, 0.3) is 0 Å². The molecule has 4 rings (SSSR count). The Morgan fingerprint density at radius 1 is 1.08 bits per heavy atom. The molecular formula is C20H24N4O. The van der Waals surface area contributed by atoms with Gasteiger partial charge in [-0.05, 0) is 49.4 Å². The van der Waals surface area contributed by atoms with Crippen LogP contribution >= 0.6 is 0 Å². The molecule has 25 heavy (non-hydrogen) atoms. The summed E-state index contributed by atoms with van der Waals surface area (Å²) < 4.78 is 0. The summed E-state index contributed by atoms with van der Waals surface area (Å²) >= 11 is 0. The van der Waals surface area contributed by atoms with Crippen molar-refractivity contribution in [3.63, 3.8) is 0 Å². The van der Waals surface area contributed by atoms with Crippen LogP contribution in [0.1, 0.15) is 49.4 Å². The SMILES string of the molecule is O=C(Cc1ccc(Nc2ccnc(C3CCC3)n2)cc1)N1CCCC1. The summed E-state index contributed by atoms with van der Waals surface area (Å²) in [5.74, 6) is 2.54. The van der Waals surface area contributed by atoms with Gasteiger partial charge in [0.15, 0.2) is 0 Å². The summed E-state index contributed by atoms with van der Waals surface area (Å²) in [5, 5.41) is 3.34. The third-order valence-electron chi connectivity index (χ3n) is 5.18. The Balaban J connectivity index is 1.37. The van der Waals surface area contributed by atoms with E-state index in [0.717, 1.165) is 48.8 Å². The van der Waals surface area contributed by atoms with Gasteiger partial charge in [0.05, 0.1) is 6.42 Å². The van der Waals surface area contributed by atoms with Gasteiger partial charge >= 0.3 is 0 Å². The number of hydrogen-bond acceptors (Lipinski definition) is 4. The van der Waals surface area contributed by atoms with Gasteiger partial charge in [-0.15, -0.1) is 0 Å². The minimum atomic E-state index is 0.235. The Morgan fingerprint density at radius 2 is 1.84 bits per heavy atom. The summed E-state index contributed by atoms with van der Waals surface area (Å²) in [4.78, 5) is 23.2. The Kier molecular flexibility index (Phi) is 4.63. The van der Waals surface area contributed by atoms with Crippen molar-refractivity contribution in [3.05, 3.63) is 47.9 Å². The average molecular weight is 336 g/mol. The van der Waals surface area contributed by atoms with Gasteiger partial charge in [0.1, 0.15) is 11.6 Å². The second-order valence-corrected chi connectivity index (χ2v) is 7.01. The molecule has 2 heterocycles. The molecule has 1 aromatic carbocycles. The van der Waals surface area contributed by atoms with E-state index >= 15 is 0 Å². The third-order valence-corrected chi connectivity index (χ3v) is 5.18. The lowest BCUT2D eigenvalue weighted by molar-refractivity contribution is -0.129. The number of carbonyl (C=O) groups is 1. The quantitative estimate of drug-likeness (QED) is 0.905. The average Bonchev–Trinajstić information content (AvgIpc) is 3.10. The maximum absolute atomic E-state index is 12.2. The number of nitrogens with zero attached hydrogens (tertiary/aromatic N) is 3. The van der Waals surface area contributed by atoms with Crippen LogP contribution in [0.5, 0.6) is 0 Å². The van der Waals surface area contributed by atoms with Crippen LogP contribution in [-0.2, 0) is 11.2 Å². The summed E-state index contributed by atoms with van der Waals surface area (Å²) in [6.07, 6.45) is 8.26. The molecule has 2 aliphatic rings. The van der Waals surface area contributed by atoms with E-state index in [0.29, 0.717) is 12.3 Å². The van der Waals surface area contributed by atoms with Crippen LogP contribution in [0.15, 0.2) is 36.5 Å². The molecule has 130 valence electrons. The molecule has 5 nitrogen and oxygen atoms in total. The van der Waals surface area contributed by atoms with Crippen LogP contribution in [0.2, 0.25) is 0 Å². The molecule has 1 aliphatic carbocycles. The van der Waals surface area contributed by atoms with Gasteiger partial charge in [-0.25, -0.2) is 9.97 Å². The first kappa shape index (κ1) is 16.1. The van der Waals surface area contributed by atoms with E-state index in [1.807, 2.05) is 41.4 Å². The second-order valence-electron chi connectivity index (χ2n) is 7.01. The molecule has 2 aromatic rings. The standard InChI is InChI=1S/C20H24N4O/c25-19(24-12-1-2-13-24)14-15-6-8-17(9-7-15)22-18-10-11-21-20(23-18)16-4-3-5-16/h6-11,16H,1-5,12-14H2,(H,21,22,23). The molecule has 1 amide bonds. The highest BCUT2D eigenvalue weighted by atomic mass is 16.2. The summed E-state index contributed by atoms with van der Waals surface area (Å²) in [5.41, 5.74) is 2.04. The van der Waals surface area contributed by atoms with Crippen molar-refractivity contribution in [2.75, 3.05) is 18.4 Å². The van der Waals surface area contributed by atoms with E-state index in [2.05, 4.69) is 15.3 Å². The molecule has 1 N–H and O–H groups in total. The summed E-state index contributed by atoms with van der Waals surface area (Å²) in [7, 11) is 0.